The summed E-state index contributed by atoms with van der Waals surface area (Å²) in [5, 5.41) is 44.8. The lowest BCUT2D eigenvalue weighted by molar-refractivity contribution is -0.340. The second-order valence-electron chi connectivity index (χ2n) is 15.0. The highest BCUT2D eigenvalue weighted by molar-refractivity contribution is 5.70. The Bertz CT molecular complexity index is 1100. The normalized spacial score (nSPS) is 44.2. The molecule has 3 aliphatic heterocycles. The third-order valence-corrected chi connectivity index (χ3v) is 10.1. The first-order chi connectivity index (χ1) is 23.0. The molecule has 0 saturated carbocycles. The molecule has 2 saturated heterocycles. The van der Waals surface area contributed by atoms with Gasteiger partial charge < -0.3 is 58.5 Å². The summed E-state index contributed by atoms with van der Waals surface area (Å²) < 4.78 is 36.6. The Balaban J connectivity index is 1.94. The maximum Gasteiger partial charge on any atom is 0.308 e. The minimum atomic E-state index is -1.39. The maximum atomic E-state index is 12.8. The second kappa shape index (κ2) is 18.6. The molecule has 0 bridgehead atoms. The van der Waals surface area contributed by atoms with E-state index in [4.69, 9.17) is 28.4 Å². The molecule has 0 aromatic heterocycles. The molecule has 2 fully saturated rings. The fourth-order valence-corrected chi connectivity index (χ4v) is 7.26. The molecule has 3 aliphatic rings. The first-order valence-electron chi connectivity index (χ1n) is 17.5. The number of likely N-dealkylation sites (N-methyl/N-ethyl adjacent to an activating group) is 1. The van der Waals surface area contributed by atoms with Gasteiger partial charge >= 0.3 is 5.97 Å². The van der Waals surface area contributed by atoms with Gasteiger partial charge in [-0.15, -0.1) is 0 Å². The third kappa shape index (κ3) is 11.1. The summed E-state index contributed by atoms with van der Waals surface area (Å²) in [4.78, 5) is 26.7. The van der Waals surface area contributed by atoms with Crippen LogP contribution in [0.1, 0.15) is 73.6 Å². The summed E-state index contributed by atoms with van der Waals surface area (Å²) in [6.45, 7) is 11.1. The molecule has 4 N–H and O–H groups in total. The van der Waals surface area contributed by atoms with E-state index in [9.17, 15) is 30.0 Å². The zero-order valence-corrected chi connectivity index (χ0v) is 30.6. The number of aliphatic hydroxyl groups excluding tert-OH is 4. The molecule has 282 valence electrons. The van der Waals surface area contributed by atoms with Crippen molar-refractivity contribution in [1.29, 1.82) is 0 Å². The molecule has 13 heteroatoms. The highest BCUT2D eigenvalue weighted by atomic mass is 16.7. The van der Waals surface area contributed by atoms with Crippen LogP contribution in [0.3, 0.4) is 0 Å². The molecular weight excluding hydrogens is 638 g/mol. The second-order valence-corrected chi connectivity index (χ2v) is 15.0. The van der Waals surface area contributed by atoms with E-state index in [-0.39, 0.29) is 18.8 Å². The number of carbonyl (C=O) groups is 2. The zero-order chi connectivity index (χ0) is 36.6. The van der Waals surface area contributed by atoms with Gasteiger partial charge in [0.15, 0.2) is 12.6 Å². The molecule has 49 heavy (non-hydrogen) atoms. The van der Waals surface area contributed by atoms with E-state index in [1.54, 1.807) is 53.1 Å². The summed E-state index contributed by atoms with van der Waals surface area (Å²) in [6, 6.07) is -0.639. The van der Waals surface area contributed by atoms with E-state index in [2.05, 4.69) is 0 Å². The van der Waals surface area contributed by atoms with Crippen LogP contribution in [-0.4, -0.2) is 138 Å². The number of ether oxygens (including phenoxy) is 6. The standard InChI is InChI=1S/C36H61NO12/c1-20-17-24(15-16-38)32(33(44-9)26(40)18-27(41)45-21(2)13-11-10-12-14-25(20)39)49-35-30(42)29(37(7)8)31(22(3)47-35)48-28-19-36(5,6)34(43)23(4)46-28/h10-12,14,16,20-26,28-35,39-40,42-43H,13,15,17-19H2,1-9H3/b11-10+,14-12+/t20-,21-,22-,23-,24-,25+,26-,28-,29-,30-,31-,32+,33+,34-,35+/m1/s1. The molecule has 3 heterocycles. The third-order valence-electron chi connectivity index (χ3n) is 10.1. The molecule has 0 unspecified atom stereocenters. The van der Waals surface area contributed by atoms with Gasteiger partial charge in [-0.25, -0.2) is 0 Å². The summed E-state index contributed by atoms with van der Waals surface area (Å²) in [5.74, 6) is -1.58. The molecule has 3 rings (SSSR count). The number of methoxy groups -OCH3 is 1. The molecule has 0 spiro atoms. The van der Waals surface area contributed by atoms with Crippen molar-refractivity contribution >= 4 is 12.3 Å². The van der Waals surface area contributed by atoms with Crippen molar-refractivity contribution in [2.75, 3.05) is 21.2 Å². The number of esters is 1. The van der Waals surface area contributed by atoms with Gasteiger partial charge in [0.1, 0.15) is 30.7 Å². The molecule has 0 amide bonds. The van der Waals surface area contributed by atoms with E-state index in [1.807, 2.05) is 31.7 Å². The number of carbonyl (C=O) groups excluding carboxylic acids is 2. The Hall–Kier alpha value is -1.78. The number of hydrogen-bond acceptors (Lipinski definition) is 13. The van der Waals surface area contributed by atoms with E-state index in [1.165, 1.54) is 7.11 Å². The van der Waals surface area contributed by atoms with Gasteiger partial charge in [0.25, 0.3) is 0 Å². The van der Waals surface area contributed by atoms with Crippen LogP contribution in [0, 0.1) is 17.3 Å². The topological polar surface area (TPSA) is 174 Å². The quantitative estimate of drug-likeness (QED) is 0.215. The van der Waals surface area contributed by atoms with Gasteiger partial charge in [0, 0.05) is 26.4 Å². The van der Waals surface area contributed by atoms with Crippen LogP contribution >= 0.6 is 0 Å². The Labute approximate surface area is 291 Å². The zero-order valence-electron chi connectivity index (χ0n) is 30.6. The number of rotatable bonds is 8. The molecule has 0 aliphatic carbocycles. The fourth-order valence-electron chi connectivity index (χ4n) is 7.26. The number of allylic oxidation sites excluding steroid dienone is 2. The van der Waals surface area contributed by atoms with Gasteiger partial charge in [-0.2, -0.15) is 0 Å². The molecule has 0 aromatic carbocycles. The number of hydrogen-bond donors (Lipinski definition) is 4. The van der Waals surface area contributed by atoms with Crippen molar-refractivity contribution in [2.24, 2.45) is 17.3 Å². The molecule has 0 aromatic rings. The van der Waals surface area contributed by atoms with Crippen molar-refractivity contribution in [3.05, 3.63) is 24.3 Å². The van der Waals surface area contributed by atoms with Crippen molar-refractivity contribution in [1.82, 2.24) is 4.90 Å². The number of aldehydes is 1. The molecular formula is C36H61NO12. The van der Waals surface area contributed by atoms with Crippen molar-refractivity contribution < 1.29 is 58.4 Å². The first kappa shape index (κ1) is 41.6. The number of nitrogens with zero attached hydrogens (tertiary/aromatic N) is 1. The van der Waals surface area contributed by atoms with E-state index in [0.29, 0.717) is 12.8 Å². The monoisotopic (exact) mass is 699 g/mol. The average Bonchev–Trinajstić information content (AvgIpc) is 3.00. The van der Waals surface area contributed by atoms with Gasteiger partial charge in [-0.05, 0) is 58.5 Å². The van der Waals surface area contributed by atoms with Gasteiger partial charge in [-0.3, -0.25) is 4.79 Å². The maximum absolute atomic E-state index is 12.8. The first-order valence-corrected chi connectivity index (χ1v) is 17.5. The van der Waals surface area contributed by atoms with E-state index in [0.717, 1.165) is 6.29 Å². The van der Waals surface area contributed by atoms with Crippen molar-refractivity contribution in [2.45, 2.75) is 153 Å². The summed E-state index contributed by atoms with van der Waals surface area (Å²) >= 11 is 0. The van der Waals surface area contributed by atoms with Crippen LogP contribution in [0.5, 0.6) is 0 Å². The van der Waals surface area contributed by atoms with Gasteiger partial charge in [0.05, 0.1) is 49.1 Å². The van der Waals surface area contributed by atoms with Gasteiger partial charge in [0.2, 0.25) is 0 Å². The minimum Gasteiger partial charge on any atom is -0.462 e. The largest absolute Gasteiger partial charge is 0.462 e. The average molecular weight is 700 g/mol. The predicted octanol–water partition coefficient (Wildman–Crippen LogP) is 2.12. The summed E-state index contributed by atoms with van der Waals surface area (Å²) in [6.07, 6.45) is -2.04. The Morgan fingerprint density at radius 1 is 0.980 bits per heavy atom. The van der Waals surface area contributed by atoms with Crippen LogP contribution in [0.25, 0.3) is 0 Å². The Morgan fingerprint density at radius 2 is 1.67 bits per heavy atom. The van der Waals surface area contributed by atoms with Crippen LogP contribution in [0.15, 0.2) is 24.3 Å². The van der Waals surface area contributed by atoms with Crippen LogP contribution in [-0.2, 0) is 38.0 Å². The molecule has 13 nitrogen and oxygen atoms in total. The lowest BCUT2D eigenvalue weighted by Gasteiger charge is -2.50. The Kier molecular flexibility index (Phi) is 15.8. The summed E-state index contributed by atoms with van der Waals surface area (Å²) in [7, 11) is 4.98. The number of aliphatic hydroxyl groups is 4. The lowest BCUT2D eigenvalue weighted by atomic mass is 9.78. The highest BCUT2D eigenvalue weighted by Crippen LogP contribution is 2.39. The Morgan fingerprint density at radius 3 is 2.29 bits per heavy atom. The summed E-state index contributed by atoms with van der Waals surface area (Å²) in [5.41, 5.74) is -0.464. The van der Waals surface area contributed by atoms with E-state index >= 15 is 0 Å². The van der Waals surface area contributed by atoms with Crippen molar-refractivity contribution in [3.8, 4) is 0 Å². The smallest absolute Gasteiger partial charge is 0.308 e. The van der Waals surface area contributed by atoms with E-state index < -0.39 is 103 Å². The SMILES string of the molecule is CO[C@@H]1[C@@H](O[C@@H]2O[C@H](C)[C@@H](O[C@@H]3CC(C)(C)[C@H](O)[C@@H](C)O3)[C@H](N(C)C)[C@H]2O)[C@H](CC=O)C[C@@H](C)[C@@H](O)/C=C/C=C/C[C@@H](C)OC(=O)C[C@H]1O. The predicted molar refractivity (Wildman–Crippen MR) is 180 cm³/mol. The van der Waals surface area contributed by atoms with Gasteiger partial charge in [-0.1, -0.05) is 45.1 Å². The minimum absolute atomic E-state index is 0.0144. The lowest BCUT2D eigenvalue weighted by Crippen LogP contribution is -2.65. The highest BCUT2D eigenvalue weighted by Gasteiger charge is 2.51. The van der Waals surface area contributed by atoms with Crippen LogP contribution in [0.4, 0.5) is 0 Å². The molecule has 15 atom stereocenters. The molecule has 0 radical (unpaired) electrons. The van der Waals surface area contributed by atoms with Crippen LogP contribution < -0.4 is 0 Å². The number of cyclic esters (lactones) is 1. The van der Waals surface area contributed by atoms with Crippen molar-refractivity contribution in [3.63, 3.8) is 0 Å². The fraction of sp³-hybridized carbons (Fsp3) is 0.833. The van der Waals surface area contributed by atoms with Crippen LogP contribution in [0.2, 0.25) is 0 Å².